The SMILES string of the molecule is Cc1cc(CC(C)(C)N)cc2c1OCC2. The van der Waals surface area contributed by atoms with E-state index >= 15 is 0 Å². The Bertz CT molecular complexity index is 377. The number of rotatable bonds is 2. The van der Waals surface area contributed by atoms with Crippen molar-refractivity contribution in [3.05, 3.63) is 28.8 Å². The standard InChI is InChI=1S/C13H19NO/c1-9-6-10(8-13(2,3)14)7-11-4-5-15-12(9)11/h6-7H,4-5,8,14H2,1-3H3. The van der Waals surface area contributed by atoms with Gasteiger partial charge in [0.1, 0.15) is 5.75 Å². The second-order valence-electron chi connectivity index (χ2n) is 5.16. The van der Waals surface area contributed by atoms with Gasteiger partial charge in [0.05, 0.1) is 6.61 Å². The lowest BCUT2D eigenvalue weighted by molar-refractivity contribution is 0.354. The summed E-state index contributed by atoms with van der Waals surface area (Å²) in [4.78, 5) is 0. The Morgan fingerprint density at radius 2 is 2.13 bits per heavy atom. The molecule has 1 aromatic carbocycles. The van der Waals surface area contributed by atoms with Gasteiger partial charge in [0.2, 0.25) is 0 Å². The Labute approximate surface area is 91.4 Å². The molecule has 0 atom stereocenters. The van der Waals surface area contributed by atoms with Crippen molar-refractivity contribution in [2.24, 2.45) is 5.73 Å². The lowest BCUT2D eigenvalue weighted by Crippen LogP contribution is -2.34. The van der Waals surface area contributed by atoms with Crippen molar-refractivity contribution < 1.29 is 4.74 Å². The van der Waals surface area contributed by atoms with Crippen LogP contribution in [0.4, 0.5) is 0 Å². The van der Waals surface area contributed by atoms with Crippen molar-refractivity contribution >= 4 is 0 Å². The molecule has 1 aliphatic rings. The van der Waals surface area contributed by atoms with E-state index in [1.165, 1.54) is 16.7 Å². The summed E-state index contributed by atoms with van der Waals surface area (Å²) in [5, 5.41) is 0. The average molecular weight is 205 g/mol. The highest BCUT2D eigenvalue weighted by Gasteiger charge is 2.18. The zero-order valence-corrected chi connectivity index (χ0v) is 9.76. The number of hydrogen-bond donors (Lipinski definition) is 1. The van der Waals surface area contributed by atoms with E-state index in [1.807, 2.05) is 0 Å². The Hall–Kier alpha value is -1.02. The van der Waals surface area contributed by atoms with Crippen LogP contribution in [0.5, 0.6) is 5.75 Å². The Morgan fingerprint density at radius 3 is 2.80 bits per heavy atom. The van der Waals surface area contributed by atoms with E-state index in [-0.39, 0.29) is 5.54 Å². The molecule has 0 spiro atoms. The van der Waals surface area contributed by atoms with Crippen LogP contribution in [0.25, 0.3) is 0 Å². The molecule has 1 aromatic rings. The van der Waals surface area contributed by atoms with Gasteiger partial charge in [-0.05, 0) is 43.9 Å². The maximum Gasteiger partial charge on any atom is 0.125 e. The highest BCUT2D eigenvalue weighted by atomic mass is 16.5. The van der Waals surface area contributed by atoms with Gasteiger partial charge in [0, 0.05) is 12.0 Å². The predicted molar refractivity (Wildman–Crippen MR) is 62.3 cm³/mol. The van der Waals surface area contributed by atoms with Crippen LogP contribution in [0.3, 0.4) is 0 Å². The van der Waals surface area contributed by atoms with Gasteiger partial charge >= 0.3 is 0 Å². The molecular formula is C13H19NO. The number of fused-ring (bicyclic) bond motifs is 1. The van der Waals surface area contributed by atoms with Crippen LogP contribution in [-0.2, 0) is 12.8 Å². The molecule has 0 aliphatic carbocycles. The highest BCUT2D eigenvalue weighted by Crippen LogP contribution is 2.31. The first-order valence-corrected chi connectivity index (χ1v) is 5.50. The lowest BCUT2D eigenvalue weighted by atomic mass is 9.93. The molecule has 2 nitrogen and oxygen atoms in total. The second kappa shape index (κ2) is 3.53. The molecule has 82 valence electrons. The predicted octanol–water partition coefficient (Wildman–Crippen LogP) is 2.21. The van der Waals surface area contributed by atoms with Crippen LogP contribution in [0, 0.1) is 6.92 Å². The Kier molecular flexibility index (Phi) is 2.47. The maximum atomic E-state index is 6.03. The second-order valence-corrected chi connectivity index (χ2v) is 5.16. The zero-order chi connectivity index (χ0) is 11.1. The van der Waals surface area contributed by atoms with E-state index < -0.39 is 0 Å². The van der Waals surface area contributed by atoms with Crippen LogP contribution in [0.1, 0.15) is 30.5 Å². The first kappa shape index (κ1) is 10.5. The van der Waals surface area contributed by atoms with Crippen LogP contribution in [-0.4, -0.2) is 12.1 Å². The molecule has 0 aromatic heterocycles. The van der Waals surface area contributed by atoms with Gasteiger partial charge in [-0.3, -0.25) is 0 Å². The molecule has 0 saturated heterocycles. The maximum absolute atomic E-state index is 6.03. The molecule has 0 fully saturated rings. The summed E-state index contributed by atoms with van der Waals surface area (Å²) in [6.07, 6.45) is 1.95. The minimum Gasteiger partial charge on any atom is -0.493 e. The van der Waals surface area contributed by atoms with Crippen molar-refractivity contribution in [3.63, 3.8) is 0 Å². The molecule has 1 heterocycles. The number of nitrogens with two attached hydrogens (primary N) is 1. The Balaban J connectivity index is 2.32. The van der Waals surface area contributed by atoms with Crippen molar-refractivity contribution in [3.8, 4) is 5.75 Å². The van der Waals surface area contributed by atoms with E-state index in [1.54, 1.807) is 0 Å². The van der Waals surface area contributed by atoms with Gasteiger partial charge in [-0.25, -0.2) is 0 Å². The van der Waals surface area contributed by atoms with Crippen LogP contribution in [0.2, 0.25) is 0 Å². The third-order valence-corrected chi connectivity index (χ3v) is 2.69. The smallest absolute Gasteiger partial charge is 0.125 e. The zero-order valence-electron chi connectivity index (χ0n) is 9.76. The Morgan fingerprint density at radius 1 is 1.40 bits per heavy atom. The molecule has 15 heavy (non-hydrogen) atoms. The molecule has 0 unspecified atom stereocenters. The average Bonchev–Trinajstić information content (AvgIpc) is 2.48. The van der Waals surface area contributed by atoms with Crippen LogP contribution in [0.15, 0.2) is 12.1 Å². The highest BCUT2D eigenvalue weighted by molar-refractivity contribution is 5.46. The van der Waals surface area contributed by atoms with Gasteiger partial charge in [0.15, 0.2) is 0 Å². The molecule has 2 heteroatoms. The monoisotopic (exact) mass is 205 g/mol. The summed E-state index contributed by atoms with van der Waals surface area (Å²) in [7, 11) is 0. The van der Waals surface area contributed by atoms with Crippen molar-refractivity contribution in [2.45, 2.75) is 39.2 Å². The molecule has 0 bridgehead atoms. The van der Waals surface area contributed by atoms with Crippen molar-refractivity contribution in [1.29, 1.82) is 0 Å². The number of benzene rings is 1. The van der Waals surface area contributed by atoms with Crippen LogP contribution < -0.4 is 10.5 Å². The number of ether oxygens (including phenoxy) is 1. The minimum absolute atomic E-state index is 0.139. The van der Waals surface area contributed by atoms with Gasteiger partial charge in [-0.15, -0.1) is 0 Å². The van der Waals surface area contributed by atoms with Crippen molar-refractivity contribution in [2.75, 3.05) is 6.61 Å². The van der Waals surface area contributed by atoms with E-state index in [9.17, 15) is 0 Å². The summed E-state index contributed by atoms with van der Waals surface area (Å²) in [5.74, 6) is 1.09. The van der Waals surface area contributed by atoms with Gasteiger partial charge in [-0.1, -0.05) is 12.1 Å². The molecule has 0 radical (unpaired) electrons. The number of aryl methyl sites for hydroxylation is 1. The van der Waals surface area contributed by atoms with Gasteiger partial charge < -0.3 is 10.5 Å². The summed E-state index contributed by atoms with van der Waals surface area (Å²) in [6.45, 7) is 7.06. The fourth-order valence-corrected chi connectivity index (χ4v) is 2.21. The van der Waals surface area contributed by atoms with E-state index in [0.717, 1.165) is 25.2 Å². The topological polar surface area (TPSA) is 35.2 Å². The number of hydrogen-bond acceptors (Lipinski definition) is 2. The largest absolute Gasteiger partial charge is 0.493 e. The third-order valence-electron chi connectivity index (χ3n) is 2.69. The molecular weight excluding hydrogens is 186 g/mol. The van der Waals surface area contributed by atoms with Gasteiger partial charge in [-0.2, -0.15) is 0 Å². The minimum atomic E-state index is -0.139. The summed E-state index contributed by atoms with van der Waals surface area (Å²) < 4.78 is 5.58. The van der Waals surface area contributed by atoms with E-state index in [4.69, 9.17) is 10.5 Å². The first-order valence-electron chi connectivity index (χ1n) is 5.50. The molecule has 1 aliphatic heterocycles. The van der Waals surface area contributed by atoms with E-state index in [2.05, 4.69) is 32.9 Å². The first-order chi connectivity index (χ1) is 6.96. The van der Waals surface area contributed by atoms with Crippen molar-refractivity contribution in [1.82, 2.24) is 0 Å². The normalized spacial score (nSPS) is 14.9. The van der Waals surface area contributed by atoms with Crippen LogP contribution >= 0.6 is 0 Å². The van der Waals surface area contributed by atoms with E-state index in [0.29, 0.717) is 0 Å². The molecule has 2 N–H and O–H groups in total. The molecule has 0 amide bonds. The lowest BCUT2D eigenvalue weighted by Gasteiger charge is -2.19. The molecule has 2 rings (SSSR count). The summed E-state index contributed by atoms with van der Waals surface area (Å²) >= 11 is 0. The summed E-state index contributed by atoms with van der Waals surface area (Å²) in [5.41, 5.74) is 9.80. The fourth-order valence-electron chi connectivity index (χ4n) is 2.21. The molecule has 0 saturated carbocycles. The fraction of sp³-hybridized carbons (Fsp3) is 0.538. The van der Waals surface area contributed by atoms with Gasteiger partial charge in [0.25, 0.3) is 0 Å². The quantitative estimate of drug-likeness (QED) is 0.803. The third kappa shape index (κ3) is 2.32. The summed E-state index contributed by atoms with van der Waals surface area (Å²) in [6, 6.07) is 4.43.